The molecule has 0 N–H and O–H groups in total. The van der Waals surface area contributed by atoms with Crippen LogP contribution in [0.15, 0.2) is 68.8 Å². The third-order valence-corrected chi connectivity index (χ3v) is 4.76. The van der Waals surface area contributed by atoms with Crippen molar-refractivity contribution in [1.29, 1.82) is 0 Å². The number of ether oxygens (including phenoxy) is 2. The summed E-state index contributed by atoms with van der Waals surface area (Å²) >= 11 is 3.55. The summed E-state index contributed by atoms with van der Waals surface area (Å²) in [5.41, 5.74) is 2.37. The molecule has 0 radical (unpaired) electrons. The predicted octanol–water partition coefficient (Wildman–Crippen LogP) is 4.84. The summed E-state index contributed by atoms with van der Waals surface area (Å²) in [7, 11) is 0. The second kappa shape index (κ2) is 6.03. The second-order valence-electron chi connectivity index (χ2n) is 5.68. The Morgan fingerprint density at radius 3 is 2.85 bits per heavy atom. The van der Waals surface area contributed by atoms with E-state index in [1.807, 2.05) is 53.1 Å². The van der Waals surface area contributed by atoms with Gasteiger partial charge in [0.05, 0.1) is 6.26 Å². The van der Waals surface area contributed by atoms with E-state index in [9.17, 15) is 0 Å². The molecule has 0 aliphatic carbocycles. The Balaban J connectivity index is 1.63. The standard InChI is InChI=1S/C19H12BrN3O3/c20-13-9-16-15(25-11-26-16)8-12(13)10-21-19-18(14-4-3-7-24-14)22-17-5-1-2-6-23(17)19/h1-10H,11H2. The molecule has 0 fully saturated rings. The van der Waals surface area contributed by atoms with Gasteiger partial charge in [-0.2, -0.15) is 0 Å². The van der Waals surface area contributed by atoms with Crippen molar-refractivity contribution in [2.45, 2.75) is 0 Å². The Morgan fingerprint density at radius 1 is 1.12 bits per heavy atom. The summed E-state index contributed by atoms with van der Waals surface area (Å²) in [6.07, 6.45) is 5.33. The first-order chi connectivity index (χ1) is 12.8. The van der Waals surface area contributed by atoms with Crippen molar-refractivity contribution < 1.29 is 13.9 Å². The number of imidazole rings is 1. The highest BCUT2D eigenvalue weighted by molar-refractivity contribution is 9.10. The Hall–Kier alpha value is -3.06. The number of nitrogens with zero attached hydrogens (tertiary/aromatic N) is 3. The number of hydrogen-bond donors (Lipinski definition) is 0. The molecule has 5 rings (SSSR count). The molecule has 1 aromatic carbocycles. The molecule has 128 valence electrons. The summed E-state index contributed by atoms with van der Waals surface area (Å²) in [6.45, 7) is 0.234. The highest BCUT2D eigenvalue weighted by Gasteiger charge is 2.17. The third-order valence-electron chi connectivity index (χ3n) is 4.08. The average molecular weight is 410 g/mol. The fraction of sp³-hybridized carbons (Fsp3) is 0.0526. The number of benzene rings is 1. The minimum atomic E-state index is 0.234. The van der Waals surface area contributed by atoms with Crippen molar-refractivity contribution in [2.24, 2.45) is 4.99 Å². The lowest BCUT2D eigenvalue weighted by Gasteiger charge is -2.02. The Kier molecular flexibility index (Phi) is 3.53. The van der Waals surface area contributed by atoms with E-state index in [-0.39, 0.29) is 6.79 Å². The van der Waals surface area contributed by atoms with Crippen LogP contribution in [0.25, 0.3) is 17.1 Å². The summed E-state index contributed by atoms with van der Waals surface area (Å²) in [5, 5.41) is 0. The molecule has 1 aliphatic heterocycles. The number of halogens is 1. The average Bonchev–Trinajstić information content (AvgIpc) is 3.38. The van der Waals surface area contributed by atoms with Crippen LogP contribution in [0, 0.1) is 0 Å². The number of pyridine rings is 1. The molecule has 0 bridgehead atoms. The molecular formula is C19H12BrN3O3. The molecule has 26 heavy (non-hydrogen) atoms. The van der Waals surface area contributed by atoms with E-state index < -0.39 is 0 Å². The van der Waals surface area contributed by atoms with Crippen molar-refractivity contribution in [2.75, 3.05) is 6.79 Å². The summed E-state index contributed by atoms with van der Waals surface area (Å²) in [5.74, 6) is 2.80. The first-order valence-electron chi connectivity index (χ1n) is 7.94. The van der Waals surface area contributed by atoms with Crippen LogP contribution in [0.3, 0.4) is 0 Å². The van der Waals surface area contributed by atoms with Crippen LogP contribution in [0.1, 0.15) is 5.56 Å². The monoisotopic (exact) mass is 409 g/mol. The van der Waals surface area contributed by atoms with Gasteiger partial charge in [-0.05, 0) is 52.3 Å². The van der Waals surface area contributed by atoms with Gasteiger partial charge in [0.2, 0.25) is 6.79 Å². The van der Waals surface area contributed by atoms with Crippen LogP contribution in [0.5, 0.6) is 11.5 Å². The highest BCUT2D eigenvalue weighted by Crippen LogP contribution is 2.37. The van der Waals surface area contributed by atoms with E-state index in [0.29, 0.717) is 23.0 Å². The molecule has 0 atom stereocenters. The topological polar surface area (TPSA) is 61.3 Å². The van der Waals surface area contributed by atoms with Crippen LogP contribution >= 0.6 is 15.9 Å². The van der Waals surface area contributed by atoms with E-state index in [4.69, 9.17) is 18.9 Å². The minimum absolute atomic E-state index is 0.234. The number of aliphatic imine (C=N–C) groups is 1. The molecule has 1 aliphatic rings. The van der Waals surface area contributed by atoms with Crippen LogP contribution in [0.4, 0.5) is 5.82 Å². The molecular weight excluding hydrogens is 398 g/mol. The molecule has 7 heteroatoms. The zero-order valence-electron chi connectivity index (χ0n) is 13.4. The Labute approximate surface area is 156 Å². The smallest absolute Gasteiger partial charge is 0.231 e. The van der Waals surface area contributed by atoms with Crippen LogP contribution in [-0.2, 0) is 0 Å². The largest absolute Gasteiger partial charge is 0.463 e. The normalized spacial score (nSPS) is 13.1. The van der Waals surface area contributed by atoms with Gasteiger partial charge in [-0.3, -0.25) is 4.40 Å². The maximum atomic E-state index is 5.53. The van der Waals surface area contributed by atoms with Crippen molar-refractivity contribution in [3.8, 4) is 23.0 Å². The van der Waals surface area contributed by atoms with Gasteiger partial charge in [0, 0.05) is 22.4 Å². The first-order valence-corrected chi connectivity index (χ1v) is 8.73. The van der Waals surface area contributed by atoms with Crippen molar-refractivity contribution in [1.82, 2.24) is 9.38 Å². The van der Waals surface area contributed by atoms with Gasteiger partial charge in [-0.25, -0.2) is 9.98 Å². The van der Waals surface area contributed by atoms with E-state index in [1.165, 1.54) is 0 Å². The Morgan fingerprint density at radius 2 is 2.00 bits per heavy atom. The number of fused-ring (bicyclic) bond motifs is 2. The highest BCUT2D eigenvalue weighted by atomic mass is 79.9. The van der Waals surface area contributed by atoms with Crippen molar-refractivity contribution in [3.05, 3.63) is 65.0 Å². The lowest BCUT2D eigenvalue weighted by Crippen LogP contribution is -1.92. The van der Waals surface area contributed by atoms with E-state index in [2.05, 4.69) is 20.9 Å². The number of furan rings is 1. The van der Waals surface area contributed by atoms with Gasteiger partial charge in [0.25, 0.3) is 0 Å². The van der Waals surface area contributed by atoms with Crippen LogP contribution < -0.4 is 9.47 Å². The van der Waals surface area contributed by atoms with Gasteiger partial charge in [-0.15, -0.1) is 0 Å². The van der Waals surface area contributed by atoms with E-state index >= 15 is 0 Å². The van der Waals surface area contributed by atoms with Crippen molar-refractivity contribution in [3.63, 3.8) is 0 Å². The first kappa shape index (κ1) is 15.2. The molecule has 4 aromatic rings. The lowest BCUT2D eigenvalue weighted by atomic mass is 10.2. The molecule has 0 unspecified atom stereocenters. The summed E-state index contributed by atoms with van der Waals surface area (Å²) < 4.78 is 19.2. The van der Waals surface area contributed by atoms with Gasteiger partial charge in [0.15, 0.2) is 28.8 Å². The van der Waals surface area contributed by atoms with Gasteiger partial charge >= 0.3 is 0 Å². The molecule has 3 aromatic heterocycles. The maximum absolute atomic E-state index is 5.53. The van der Waals surface area contributed by atoms with Crippen LogP contribution in [-0.4, -0.2) is 22.4 Å². The molecule has 4 heterocycles. The SMILES string of the molecule is Brc1cc2c(cc1C=Nc1c(-c3ccco3)nc3ccccn13)OCO2. The zero-order chi connectivity index (χ0) is 17.5. The second-order valence-corrected chi connectivity index (χ2v) is 6.53. The van der Waals surface area contributed by atoms with Gasteiger partial charge in [0.1, 0.15) is 5.65 Å². The molecule has 0 amide bonds. The predicted molar refractivity (Wildman–Crippen MR) is 100 cm³/mol. The molecule has 0 saturated carbocycles. The fourth-order valence-electron chi connectivity index (χ4n) is 2.85. The van der Waals surface area contributed by atoms with Gasteiger partial charge < -0.3 is 13.9 Å². The van der Waals surface area contributed by atoms with Crippen LogP contribution in [0.2, 0.25) is 0 Å². The lowest BCUT2D eigenvalue weighted by molar-refractivity contribution is 0.174. The molecule has 0 spiro atoms. The number of hydrogen-bond acceptors (Lipinski definition) is 5. The molecule has 6 nitrogen and oxygen atoms in total. The third kappa shape index (κ3) is 2.48. The van der Waals surface area contributed by atoms with Gasteiger partial charge in [-0.1, -0.05) is 6.07 Å². The molecule has 0 saturated heterocycles. The minimum Gasteiger partial charge on any atom is -0.463 e. The summed E-state index contributed by atoms with van der Waals surface area (Å²) in [6, 6.07) is 13.3. The fourth-order valence-corrected chi connectivity index (χ4v) is 3.27. The zero-order valence-corrected chi connectivity index (χ0v) is 15.0. The maximum Gasteiger partial charge on any atom is 0.231 e. The van der Waals surface area contributed by atoms with E-state index in [0.717, 1.165) is 21.4 Å². The quantitative estimate of drug-likeness (QED) is 0.454. The Bertz CT molecular complexity index is 1130. The number of aromatic nitrogens is 2. The van der Waals surface area contributed by atoms with E-state index in [1.54, 1.807) is 12.5 Å². The summed E-state index contributed by atoms with van der Waals surface area (Å²) in [4.78, 5) is 9.34. The van der Waals surface area contributed by atoms with Crippen molar-refractivity contribution >= 4 is 33.6 Å². The number of rotatable bonds is 3.